The van der Waals surface area contributed by atoms with Gasteiger partial charge in [0.05, 0.1) is 42.8 Å². The second-order valence-electron chi connectivity index (χ2n) is 27.2. The van der Waals surface area contributed by atoms with Crippen molar-refractivity contribution in [2.24, 2.45) is 47.2 Å². The van der Waals surface area contributed by atoms with Crippen molar-refractivity contribution in [2.75, 3.05) is 47.4 Å². The van der Waals surface area contributed by atoms with Crippen LogP contribution in [0.5, 0.6) is 0 Å². The van der Waals surface area contributed by atoms with E-state index < -0.39 is 78.1 Å². The molecule has 1 unspecified atom stereocenters. The summed E-state index contributed by atoms with van der Waals surface area (Å²) in [5, 5.41) is 27.6. The maximum absolute atomic E-state index is 14.9. The van der Waals surface area contributed by atoms with Crippen LogP contribution in [0.25, 0.3) is 0 Å². The molecule has 12 atom stereocenters. The minimum absolute atomic E-state index is 0.0126. The van der Waals surface area contributed by atoms with Gasteiger partial charge in [-0.25, -0.2) is 4.79 Å². The topological polar surface area (TPSA) is 293 Å². The van der Waals surface area contributed by atoms with Gasteiger partial charge in [0.15, 0.2) is 11.6 Å². The predicted octanol–water partition coefficient (Wildman–Crippen LogP) is 8.29. The second-order valence-corrected chi connectivity index (χ2v) is 27.2. The third-order valence-electron chi connectivity index (χ3n) is 19.5. The summed E-state index contributed by atoms with van der Waals surface area (Å²) in [6.45, 7) is 15.4. The number of aliphatic hydroxyl groups is 2. The largest absolute Gasteiger partial charge is 0.445 e. The maximum Gasteiger partial charge on any atom is 0.410 e. The van der Waals surface area contributed by atoms with Gasteiger partial charge in [-0.05, 0) is 105 Å². The fourth-order valence-corrected chi connectivity index (χ4v) is 13.5. The molecule has 96 heavy (non-hydrogen) atoms. The first-order valence-electron chi connectivity index (χ1n) is 34.6. The van der Waals surface area contributed by atoms with Crippen molar-refractivity contribution in [3.8, 4) is 0 Å². The van der Waals surface area contributed by atoms with Gasteiger partial charge in [-0.2, -0.15) is 0 Å². The Kier molecular flexibility index (Phi) is 32.7. The van der Waals surface area contributed by atoms with E-state index in [9.17, 15) is 58.2 Å². The lowest BCUT2D eigenvalue weighted by Gasteiger charge is -2.41. The number of benzene rings is 3. The van der Waals surface area contributed by atoms with E-state index in [1.165, 1.54) is 36.1 Å². The summed E-state index contributed by atoms with van der Waals surface area (Å²) in [4.78, 5) is 143. The number of ketones is 3. The van der Waals surface area contributed by atoms with Crippen molar-refractivity contribution in [2.45, 2.75) is 201 Å². The Hall–Kier alpha value is -7.46. The maximum atomic E-state index is 14.9. The highest BCUT2D eigenvalue weighted by Gasteiger charge is 2.44. The molecule has 2 heterocycles. The van der Waals surface area contributed by atoms with Crippen LogP contribution in [-0.4, -0.2) is 172 Å². The number of methoxy groups -OCH3 is 1. The number of likely N-dealkylation sites (N-methyl/N-ethyl adjacent to an activating group) is 2. The number of aliphatic hydroxyl groups excluding tert-OH is 2. The quantitative estimate of drug-likeness (QED) is 0.0263. The van der Waals surface area contributed by atoms with Crippen LogP contribution in [0.3, 0.4) is 0 Å². The number of amides is 7. The zero-order valence-corrected chi connectivity index (χ0v) is 58.6. The van der Waals surface area contributed by atoms with Crippen LogP contribution in [0.4, 0.5) is 4.79 Å². The summed E-state index contributed by atoms with van der Waals surface area (Å²) in [6.07, 6.45) is 5.38. The highest BCUT2D eigenvalue weighted by atomic mass is 16.6. The molecule has 0 bridgehead atoms. The van der Waals surface area contributed by atoms with E-state index in [4.69, 9.17) is 15.2 Å². The Morgan fingerprint density at radius 3 is 1.95 bits per heavy atom. The van der Waals surface area contributed by atoms with E-state index in [2.05, 4.69) is 10.6 Å². The molecule has 21 heteroatoms. The molecule has 7 amide bonds. The molecular formula is C75H109N7O14. The summed E-state index contributed by atoms with van der Waals surface area (Å²) in [6, 6.07) is 21.9. The summed E-state index contributed by atoms with van der Waals surface area (Å²) in [5.74, 6) is -6.30. The fraction of sp³-hybridized carbons (Fsp3) is 0.600. The molecule has 2 aliphatic heterocycles. The summed E-state index contributed by atoms with van der Waals surface area (Å²) in [7, 11) is 4.68. The van der Waals surface area contributed by atoms with Gasteiger partial charge in [-0.3, -0.25) is 48.1 Å². The van der Waals surface area contributed by atoms with Crippen LogP contribution in [0.1, 0.15) is 167 Å². The number of nitrogens with zero attached hydrogens (tertiary/aromatic N) is 4. The van der Waals surface area contributed by atoms with Crippen LogP contribution in [-0.2, 0) is 72.1 Å². The normalized spacial score (nSPS) is 17.4. The average molecular weight is 1330 g/mol. The first kappa shape index (κ1) is 79.2. The number of hydrogen-bond acceptors (Lipinski definition) is 15. The lowest BCUT2D eigenvalue weighted by atomic mass is 9.83. The Morgan fingerprint density at radius 2 is 1.35 bits per heavy atom. The monoisotopic (exact) mass is 1330 g/mol. The SMILES string of the molecule is CC[C@H](C)[C@@H]([C@@H](CC(=O)N1CCC[C@H]1[C@H](CO)[C@@H](C)C(=O)N[C@H](C)[C@@H](O)c1ccccc1)OC)N(C)C(=O)[C@@H](CC(=O)C(C(C)C)N(C)C(=O)OCc1ccc(CC(=O)[C@H](CCCCN)NC(=O)[C@@H](CC(=O)CCCCCN2C(=O)C=CC2=O)Cc2ccccc2)cc1)C(C)C. The first-order chi connectivity index (χ1) is 45.8. The van der Waals surface area contributed by atoms with Gasteiger partial charge in [0.1, 0.15) is 12.4 Å². The first-order valence-corrected chi connectivity index (χ1v) is 34.6. The molecule has 3 aromatic rings. The van der Waals surface area contributed by atoms with Crippen LogP contribution < -0.4 is 16.4 Å². The predicted molar refractivity (Wildman–Crippen MR) is 367 cm³/mol. The molecule has 2 aliphatic rings. The summed E-state index contributed by atoms with van der Waals surface area (Å²) in [5.41, 5.74) is 8.63. The Balaban J connectivity index is 1.18. The molecule has 3 aromatic carbocycles. The number of likely N-dealkylation sites (tertiary alicyclic amines) is 1. The second kappa shape index (κ2) is 39.7. The zero-order chi connectivity index (χ0) is 70.8. The lowest BCUT2D eigenvalue weighted by molar-refractivity contribution is -0.148. The van der Waals surface area contributed by atoms with E-state index in [0.717, 1.165) is 5.56 Å². The molecule has 21 nitrogen and oxygen atoms in total. The van der Waals surface area contributed by atoms with Gasteiger partial charge in [0.25, 0.3) is 11.8 Å². The van der Waals surface area contributed by atoms with Gasteiger partial charge in [0, 0.05) is 108 Å². The fourth-order valence-electron chi connectivity index (χ4n) is 13.5. The van der Waals surface area contributed by atoms with Crippen LogP contribution in [0, 0.1) is 41.4 Å². The number of Topliss-reactive ketones (excluding diaryl/α,β-unsaturated/α-hetero) is 3. The van der Waals surface area contributed by atoms with Crippen molar-refractivity contribution < 1.29 is 67.6 Å². The Morgan fingerprint density at radius 1 is 0.719 bits per heavy atom. The van der Waals surface area contributed by atoms with Crippen molar-refractivity contribution >= 4 is 58.9 Å². The van der Waals surface area contributed by atoms with Crippen molar-refractivity contribution in [1.29, 1.82) is 0 Å². The minimum atomic E-state index is -0.955. The molecular weight excluding hydrogens is 1220 g/mol. The molecule has 0 spiro atoms. The minimum Gasteiger partial charge on any atom is -0.445 e. The highest BCUT2D eigenvalue weighted by Crippen LogP contribution is 2.33. The average Bonchev–Trinajstić information content (AvgIpc) is 1.30. The molecule has 5 rings (SSSR count). The molecule has 0 radical (unpaired) electrons. The molecule has 6 N–H and O–H groups in total. The number of nitrogens with two attached hydrogens (primary N) is 1. The molecule has 1 saturated heterocycles. The molecule has 528 valence electrons. The van der Waals surface area contributed by atoms with E-state index in [1.54, 1.807) is 67.1 Å². The number of hydrogen-bond donors (Lipinski definition) is 5. The van der Waals surface area contributed by atoms with E-state index in [1.807, 2.05) is 90.1 Å². The van der Waals surface area contributed by atoms with Crippen LogP contribution >= 0.6 is 0 Å². The number of unbranched alkanes of at least 4 members (excludes halogenated alkanes) is 3. The van der Waals surface area contributed by atoms with Gasteiger partial charge in [-0.1, -0.05) is 146 Å². The number of imide groups is 1. The van der Waals surface area contributed by atoms with Crippen LogP contribution in [0.15, 0.2) is 97.1 Å². The van der Waals surface area contributed by atoms with Crippen LogP contribution in [0.2, 0.25) is 0 Å². The number of rotatable bonds is 42. The smallest absolute Gasteiger partial charge is 0.410 e. The standard InChI is InChI=1S/C75H109N7O14/c1-12-50(6)70(65(95-11)45-68(89)81-40-24-31-62(81)60(46-83)51(7)72(91)77-52(8)71(90)56-27-18-14-19-28-56)79(9)74(93)59(48(2)3)44-64(86)69(49(4)5)80(10)75(94)96-47-55-34-32-54(33-35-55)42-63(85)61(30-21-22-38-76)78-73(92)57(41-53-25-16-13-17-26-53)43-58(84)29-20-15-23-39-82-66(87)36-37-67(82)88/h13-14,16-19,25-28,32-37,48-52,57,59-62,65,69-71,83,90H,12,15,20-24,29-31,38-47,76H2,1-11H3,(H,77,91)(H,78,92)/t50-,51+,52+,57+,59-,60+,61-,62-,65+,69?,70-,71+/m0/s1. The zero-order valence-electron chi connectivity index (χ0n) is 58.6. The number of carbonyl (C=O) groups is 10. The molecule has 1 fully saturated rings. The van der Waals surface area contributed by atoms with E-state index >= 15 is 0 Å². The highest BCUT2D eigenvalue weighted by molar-refractivity contribution is 6.12. The number of carbonyl (C=O) groups excluding carboxylic acids is 10. The third kappa shape index (κ3) is 23.1. The van der Waals surface area contributed by atoms with Gasteiger partial charge < -0.3 is 50.8 Å². The van der Waals surface area contributed by atoms with E-state index in [-0.39, 0.29) is 123 Å². The van der Waals surface area contributed by atoms with Gasteiger partial charge in [-0.15, -0.1) is 0 Å². The summed E-state index contributed by atoms with van der Waals surface area (Å²) >= 11 is 0. The summed E-state index contributed by atoms with van der Waals surface area (Å²) < 4.78 is 11.9. The number of ether oxygens (including phenoxy) is 2. The Bertz CT molecular complexity index is 3030. The van der Waals surface area contributed by atoms with Crippen molar-refractivity contribution in [3.05, 3.63) is 119 Å². The third-order valence-corrected chi connectivity index (χ3v) is 19.5. The molecule has 0 aromatic heterocycles. The Labute approximate surface area is 569 Å². The molecule has 0 saturated carbocycles. The lowest BCUT2D eigenvalue weighted by Crippen LogP contribution is -2.54. The van der Waals surface area contributed by atoms with Gasteiger partial charge in [0.2, 0.25) is 23.6 Å². The van der Waals surface area contributed by atoms with Gasteiger partial charge >= 0.3 is 6.09 Å². The molecule has 0 aliphatic carbocycles. The number of nitrogens with one attached hydrogen (secondary N) is 2. The van der Waals surface area contributed by atoms with Crippen molar-refractivity contribution in [3.63, 3.8) is 0 Å². The van der Waals surface area contributed by atoms with Crippen molar-refractivity contribution in [1.82, 2.24) is 30.2 Å². The van der Waals surface area contributed by atoms with E-state index in [0.29, 0.717) is 87.6 Å².